The maximum Gasteiger partial charge on any atom is 0.120 e. The maximum atomic E-state index is 6.00. The summed E-state index contributed by atoms with van der Waals surface area (Å²) >= 11 is 0. The molecule has 3 aromatic carbocycles. The molecule has 0 N–H and O–H groups in total. The number of fused-ring (bicyclic) bond motifs is 1. The Kier molecular flexibility index (Phi) is 5.21. The number of para-hydroxylation sites is 1. The summed E-state index contributed by atoms with van der Waals surface area (Å²) in [7, 11) is 0. The number of hydrogen-bond acceptors (Lipinski definition) is 4. The molecule has 4 heteroatoms. The Morgan fingerprint density at radius 1 is 0.700 bits per heavy atom. The van der Waals surface area contributed by atoms with Crippen LogP contribution in [0.25, 0.3) is 10.9 Å². The van der Waals surface area contributed by atoms with E-state index in [1.807, 2.05) is 36.5 Å². The minimum atomic E-state index is 0.570. The summed E-state index contributed by atoms with van der Waals surface area (Å²) in [6, 6.07) is 29.2. The number of ether oxygens (including phenoxy) is 1. The van der Waals surface area contributed by atoms with Crippen LogP contribution in [0.15, 0.2) is 91.1 Å². The van der Waals surface area contributed by atoms with E-state index in [4.69, 9.17) is 4.74 Å². The molecule has 30 heavy (non-hydrogen) atoms. The zero-order valence-corrected chi connectivity index (χ0v) is 16.9. The van der Waals surface area contributed by atoms with Gasteiger partial charge in [-0.2, -0.15) is 0 Å². The van der Waals surface area contributed by atoms with E-state index in [1.54, 1.807) is 0 Å². The molecule has 0 spiro atoms. The lowest BCUT2D eigenvalue weighted by Gasteiger charge is -2.37. The van der Waals surface area contributed by atoms with E-state index in [-0.39, 0.29) is 0 Å². The number of aromatic nitrogens is 1. The second kappa shape index (κ2) is 8.46. The predicted molar refractivity (Wildman–Crippen MR) is 123 cm³/mol. The second-order valence-corrected chi connectivity index (χ2v) is 7.63. The summed E-state index contributed by atoms with van der Waals surface area (Å²) in [6.07, 6.45) is 1.99. The van der Waals surface area contributed by atoms with Crippen LogP contribution in [0.1, 0.15) is 5.56 Å². The number of benzene rings is 3. The van der Waals surface area contributed by atoms with Crippen LogP contribution >= 0.6 is 0 Å². The first-order valence-corrected chi connectivity index (χ1v) is 10.5. The molecule has 1 aliphatic rings. The molecule has 1 saturated heterocycles. The minimum Gasteiger partial charge on any atom is -0.489 e. The van der Waals surface area contributed by atoms with Gasteiger partial charge in [0.1, 0.15) is 12.4 Å². The van der Waals surface area contributed by atoms with Gasteiger partial charge in [-0.1, -0.05) is 48.5 Å². The van der Waals surface area contributed by atoms with Crippen LogP contribution in [0.5, 0.6) is 5.75 Å². The number of piperazine rings is 1. The summed E-state index contributed by atoms with van der Waals surface area (Å²) in [5.74, 6) is 0.874. The van der Waals surface area contributed by atoms with Gasteiger partial charge in [0, 0.05) is 37.3 Å². The summed E-state index contributed by atoms with van der Waals surface area (Å²) in [6.45, 7) is 4.59. The number of anilines is 2. The van der Waals surface area contributed by atoms with Crippen molar-refractivity contribution in [2.75, 3.05) is 36.0 Å². The Bertz CT molecular complexity index is 1110. The molecule has 0 radical (unpaired) electrons. The van der Waals surface area contributed by atoms with Crippen molar-refractivity contribution >= 4 is 22.3 Å². The fourth-order valence-corrected chi connectivity index (χ4v) is 3.96. The quantitative estimate of drug-likeness (QED) is 0.468. The molecule has 0 atom stereocenters. The topological polar surface area (TPSA) is 28.6 Å². The zero-order valence-electron chi connectivity index (χ0n) is 16.9. The van der Waals surface area contributed by atoms with Gasteiger partial charge in [0.15, 0.2) is 0 Å². The van der Waals surface area contributed by atoms with Gasteiger partial charge in [-0.3, -0.25) is 4.98 Å². The van der Waals surface area contributed by atoms with E-state index in [0.717, 1.165) is 42.8 Å². The standard InChI is InChI=1S/C26H25N3O/c1-3-7-21(8-4-1)20-30-25-11-12-26-22(18-25)17-24(19-27-26)29-15-13-28(14-16-29)23-9-5-2-6-10-23/h1-12,17-19H,13-16,20H2. The highest BCUT2D eigenvalue weighted by atomic mass is 16.5. The molecule has 2 heterocycles. The third kappa shape index (κ3) is 4.08. The van der Waals surface area contributed by atoms with Crippen LogP contribution < -0.4 is 14.5 Å². The Labute approximate surface area is 177 Å². The van der Waals surface area contributed by atoms with Crippen molar-refractivity contribution < 1.29 is 4.74 Å². The fourth-order valence-electron chi connectivity index (χ4n) is 3.96. The molecule has 4 nitrogen and oxygen atoms in total. The largest absolute Gasteiger partial charge is 0.489 e. The molecule has 0 bridgehead atoms. The van der Waals surface area contributed by atoms with Crippen molar-refractivity contribution in [3.63, 3.8) is 0 Å². The minimum absolute atomic E-state index is 0.570. The molecule has 1 aromatic heterocycles. The van der Waals surface area contributed by atoms with E-state index in [2.05, 4.69) is 69.4 Å². The SMILES string of the molecule is c1ccc(COc2ccc3ncc(N4CCN(c5ccccc5)CC4)cc3c2)cc1. The van der Waals surface area contributed by atoms with Crippen LogP contribution in [-0.4, -0.2) is 31.2 Å². The summed E-state index contributed by atoms with van der Waals surface area (Å²) < 4.78 is 6.00. The first-order valence-electron chi connectivity index (χ1n) is 10.5. The van der Waals surface area contributed by atoms with Crippen molar-refractivity contribution in [3.05, 3.63) is 96.7 Å². The van der Waals surface area contributed by atoms with Gasteiger partial charge in [-0.05, 0) is 42.0 Å². The maximum absolute atomic E-state index is 6.00. The molecule has 0 amide bonds. The number of pyridine rings is 1. The van der Waals surface area contributed by atoms with Crippen LogP contribution in [0, 0.1) is 0 Å². The van der Waals surface area contributed by atoms with E-state index >= 15 is 0 Å². The molecule has 1 fully saturated rings. The second-order valence-electron chi connectivity index (χ2n) is 7.63. The first-order chi connectivity index (χ1) is 14.8. The predicted octanol–water partition coefficient (Wildman–Crippen LogP) is 5.14. The first kappa shape index (κ1) is 18.5. The van der Waals surface area contributed by atoms with Crippen molar-refractivity contribution in [1.29, 1.82) is 0 Å². The number of nitrogens with zero attached hydrogens (tertiary/aromatic N) is 3. The van der Waals surface area contributed by atoms with Crippen LogP contribution in [-0.2, 0) is 6.61 Å². The summed E-state index contributed by atoms with van der Waals surface area (Å²) in [4.78, 5) is 9.55. The highest BCUT2D eigenvalue weighted by Gasteiger charge is 2.18. The molecular formula is C26H25N3O. The normalized spacial score (nSPS) is 14.1. The van der Waals surface area contributed by atoms with Gasteiger partial charge < -0.3 is 14.5 Å². The van der Waals surface area contributed by atoms with Gasteiger partial charge in [0.25, 0.3) is 0 Å². The third-order valence-electron chi connectivity index (χ3n) is 5.65. The summed E-state index contributed by atoms with van der Waals surface area (Å²) in [5.41, 5.74) is 4.64. The van der Waals surface area contributed by atoms with Crippen LogP contribution in [0.2, 0.25) is 0 Å². The fraction of sp³-hybridized carbons (Fsp3) is 0.192. The molecule has 5 rings (SSSR count). The summed E-state index contributed by atoms with van der Waals surface area (Å²) in [5, 5.41) is 1.11. The van der Waals surface area contributed by atoms with E-state index in [1.165, 1.54) is 16.9 Å². The van der Waals surface area contributed by atoms with Gasteiger partial charge in [-0.25, -0.2) is 0 Å². The van der Waals surface area contributed by atoms with Crippen molar-refractivity contribution in [2.45, 2.75) is 6.61 Å². The zero-order chi connectivity index (χ0) is 20.2. The lowest BCUT2D eigenvalue weighted by Crippen LogP contribution is -2.46. The smallest absolute Gasteiger partial charge is 0.120 e. The highest BCUT2D eigenvalue weighted by Crippen LogP contribution is 2.26. The molecule has 150 valence electrons. The van der Waals surface area contributed by atoms with Gasteiger partial charge in [0.2, 0.25) is 0 Å². The van der Waals surface area contributed by atoms with Crippen molar-refractivity contribution in [3.8, 4) is 5.75 Å². The van der Waals surface area contributed by atoms with Crippen LogP contribution in [0.4, 0.5) is 11.4 Å². The molecule has 0 aliphatic carbocycles. The Morgan fingerprint density at radius 2 is 1.37 bits per heavy atom. The Morgan fingerprint density at radius 3 is 2.10 bits per heavy atom. The Hall–Kier alpha value is -3.53. The molecule has 0 unspecified atom stereocenters. The number of hydrogen-bond donors (Lipinski definition) is 0. The number of rotatable bonds is 5. The van der Waals surface area contributed by atoms with Crippen molar-refractivity contribution in [1.82, 2.24) is 4.98 Å². The lowest BCUT2D eigenvalue weighted by molar-refractivity contribution is 0.306. The lowest BCUT2D eigenvalue weighted by atomic mass is 10.1. The highest BCUT2D eigenvalue weighted by molar-refractivity contribution is 5.83. The average molecular weight is 396 g/mol. The molecule has 4 aromatic rings. The monoisotopic (exact) mass is 395 g/mol. The van der Waals surface area contributed by atoms with Crippen molar-refractivity contribution in [2.24, 2.45) is 0 Å². The van der Waals surface area contributed by atoms with Gasteiger partial charge >= 0.3 is 0 Å². The third-order valence-corrected chi connectivity index (χ3v) is 5.65. The van der Waals surface area contributed by atoms with E-state index in [0.29, 0.717) is 6.61 Å². The van der Waals surface area contributed by atoms with E-state index < -0.39 is 0 Å². The molecule has 1 aliphatic heterocycles. The molecular weight excluding hydrogens is 370 g/mol. The van der Waals surface area contributed by atoms with Gasteiger partial charge in [-0.15, -0.1) is 0 Å². The van der Waals surface area contributed by atoms with E-state index in [9.17, 15) is 0 Å². The molecule has 0 saturated carbocycles. The average Bonchev–Trinajstić information content (AvgIpc) is 2.83. The Balaban J connectivity index is 1.28. The van der Waals surface area contributed by atoms with Gasteiger partial charge in [0.05, 0.1) is 17.4 Å². The van der Waals surface area contributed by atoms with Crippen LogP contribution in [0.3, 0.4) is 0 Å².